The van der Waals surface area contributed by atoms with Gasteiger partial charge in [0.05, 0.1) is 0 Å². The number of hydrogen-bond acceptors (Lipinski definition) is 1. The molecule has 0 saturated carbocycles. The second-order valence-corrected chi connectivity index (χ2v) is 10.5. The van der Waals surface area contributed by atoms with Gasteiger partial charge in [0.2, 0.25) is 0 Å². The summed E-state index contributed by atoms with van der Waals surface area (Å²) in [4.78, 5) is 1.18. The van der Waals surface area contributed by atoms with Gasteiger partial charge in [0.15, 0.2) is 0 Å². The minimum Gasteiger partial charge on any atom is -0.381 e. The predicted octanol–water partition coefficient (Wildman–Crippen LogP) is 8.14. The van der Waals surface area contributed by atoms with Crippen molar-refractivity contribution in [3.05, 3.63) is 71.8 Å². The molecule has 0 aliphatic heterocycles. The molecule has 0 saturated heterocycles. The van der Waals surface area contributed by atoms with Gasteiger partial charge in [-0.1, -0.05) is 118 Å². The van der Waals surface area contributed by atoms with Crippen LogP contribution in [0.15, 0.2) is 60.7 Å². The third-order valence-corrected chi connectivity index (χ3v) is 6.78. The normalized spacial score (nSPS) is 13.3. The van der Waals surface area contributed by atoms with Gasteiger partial charge >= 0.3 is 0 Å². The minimum atomic E-state index is 0.589. The maximum absolute atomic E-state index is 5.82. The number of alkyl halides is 2. The van der Waals surface area contributed by atoms with E-state index in [0.717, 1.165) is 26.1 Å². The number of unbranched alkanes of at least 4 members (excludes halogenated alkanes) is 4. The highest BCUT2D eigenvalue weighted by Gasteiger charge is 2.06. The van der Waals surface area contributed by atoms with E-state index in [1.807, 2.05) is 0 Å². The fraction of sp³-hybridized carbons (Fsp3) is 0.538. The molecule has 1 nitrogen and oxygen atoms in total. The molecule has 2 aromatic carbocycles. The Hall–Kier alpha value is -0.640. The zero-order chi connectivity index (χ0) is 20.6. The predicted molar refractivity (Wildman–Crippen MR) is 133 cm³/mol. The third-order valence-electron chi connectivity index (χ3n) is 5.21. The van der Waals surface area contributed by atoms with Crippen molar-refractivity contribution in [3.8, 4) is 0 Å². The highest BCUT2D eigenvalue weighted by molar-refractivity contribution is 9.09. The van der Waals surface area contributed by atoms with Crippen LogP contribution in [0.1, 0.15) is 62.5 Å². The smallest absolute Gasteiger partial charge is 0.0466 e. The van der Waals surface area contributed by atoms with Gasteiger partial charge in [0.1, 0.15) is 0 Å². The molecule has 0 radical (unpaired) electrons. The SMILES string of the molecule is Br[C@H](CCCCCOCCCCC[C@H](Br)Cc1ccccc1)Cc1ccccc1. The van der Waals surface area contributed by atoms with Crippen LogP contribution < -0.4 is 0 Å². The Bertz CT molecular complexity index is 562. The summed E-state index contributed by atoms with van der Waals surface area (Å²) < 4.78 is 5.82. The molecule has 0 aliphatic carbocycles. The van der Waals surface area contributed by atoms with Crippen LogP contribution >= 0.6 is 31.9 Å². The van der Waals surface area contributed by atoms with Gasteiger partial charge in [0.25, 0.3) is 0 Å². The molecule has 0 unspecified atom stereocenters. The number of halogens is 2. The van der Waals surface area contributed by atoms with E-state index in [0.29, 0.717) is 9.65 Å². The summed E-state index contributed by atoms with van der Waals surface area (Å²) in [6.07, 6.45) is 12.2. The number of rotatable bonds is 16. The van der Waals surface area contributed by atoms with E-state index in [2.05, 4.69) is 92.5 Å². The quantitative estimate of drug-likeness (QED) is 0.159. The first-order chi connectivity index (χ1) is 14.2. The van der Waals surface area contributed by atoms with Gasteiger partial charge in [-0.05, 0) is 49.7 Å². The molecule has 0 heterocycles. The first kappa shape index (κ1) is 24.6. The molecule has 2 atom stereocenters. The Labute approximate surface area is 194 Å². The fourth-order valence-electron chi connectivity index (χ4n) is 3.54. The Morgan fingerprint density at radius 1 is 0.552 bits per heavy atom. The zero-order valence-corrected chi connectivity index (χ0v) is 20.7. The summed E-state index contributed by atoms with van der Waals surface area (Å²) in [5, 5.41) is 0. The van der Waals surface area contributed by atoms with Crippen LogP contribution in [0, 0.1) is 0 Å². The van der Waals surface area contributed by atoms with Crippen LogP contribution in [0.2, 0.25) is 0 Å². The van der Waals surface area contributed by atoms with Crippen LogP contribution in [0.5, 0.6) is 0 Å². The molecule has 0 aromatic heterocycles. The Kier molecular flexibility index (Phi) is 13.7. The maximum Gasteiger partial charge on any atom is 0.0466 e. The molecule has 3 heteroatoms. The number of hydrogen-bond donors (Lipinski definition) is 0. The van der Waals surface area contributed by atoms with Crippen molar-refractivity contribution in [3.63, 3.8) is 0 Å². The van der Waals surface area contributed by atoms with E-state index in [9.17, 15) is 0 Å². The van der Waals surface area contributed by atoms with Crippen LogP contribution in [0.3, 0.4) is 0 Å². The van der Waals surface area contributed by atoms with E-state index in [1.54, 1.807) is 0 Å². The summed E-state index contributed by atoms with van der Waals surface area (Å²) >= 11 is 7.65. The monoisotopic (exact) mass is 522 g/mol. The first-order valence-electron chi connectivity index (χ1n) is 11.2. The average Bonchev–Trinajstić information content (AvgIpc) is 2.73. The van der Waals surface area contributed by atoms with Crippen LogP contribution in [0.25, 0.3) is 0 Å². The average molecular weight is 524 g/mol. The van der Waals surface area contributed by atoms with Crippen molar-refractivity contribution in [2.45, 2.75) is 73.9 Å². The minimum absolute atomic E-state index is 0.589. The lowest BCUT2D eigenvalue weighted by Gasteiger charge is -2.10. The largest absolute Gasteiger partial charge is 0.381 e. The van der Waals surface area contributed by atoms with E-state index in [1.165, 1.54) is 62.5 Å². The molecule has 29 heavy (non-hydrogen) atoms. The molecular formula is C26H36Br2O. The van der Waals surface area contributed by atoms with Gasteiger partial charge in [0, 0.05) is 22.9 Å². The van der Waals surface area contributed by atoms with E-state index < -0.39 is 0 Å². The number of ether oxygens (including phenoxy) is 1. The zero-order valence-electron chi connectivity index (χ0n) is 17.6. The molecular weight excluding hydrogens is 488 g/mol. The van der Waals surface area contributed by atoms with Crippen molar-refractivity contribution in [2.75, 3.05) is 13.2 Å². The molecule has 0 bridgehead atoms. The lowest BCUT2D eigenvalue weighted by atomic mass is 10.1. The third kappa shape index (κ3) is 12.6. The van der Waals surface area contributed by atoms with Crippen molar-refractivity contribution in [2.24, 2.45) is 0 Å². The van der Waals surface area contributed by atoms with Crippen molar-refractivity contribution >= 4 is 31.9 Å². The van der Waals surface area contributed by atoms with Gasteiger partial charge in [-0.2, -0.15) is 0 Å². The van der Waals surface area contributed by atoms with E-state index >= 15 is 0 Å². The van der Waals surface area contributed by atoms with Gasteiger partial charge in [-0.25, -0.2) is 0 Å². The molecule has 160 valence electrons. The molecule has 2 rings (SSSR count). The van der Waals surface area contributed by atoms with E-state index in [-0.39, 0.29) is 0 Å². The van der Waals surface area contributed by atoms with Gasteiger partial charge in [-0.3, -0.25) is 0 Å². The molecule has 2 aromatic rings. The summed E-state index contributed by atoms with van der Waals surface area (Å²) in [5.41, 5.74) is 2.84. The summed E-state index contributed by atoms with van der Waals surface area (Å²) in [7, 11) is 0. The second kappa shape index (κ2) is 16.1. The standard InChI is InChI=1S/C26H36Br2O/c27-25(21-23-13-5-1-6-14-23)17-9-3-11-19-29-20-12-4-10-18-26(28)22-24-15-7-2-8-16-24/h1-2,5-8,13-16,25-26H,3-4,9-12,17-22H2/t25-,26+. The summed E-state index contributed by atoms with van der Waals surface area (Å²) in [5.74, 6) is 0. The lowest BCUT2D eigenvalue weighted by molar-refractivity contribution is 0.125. The highest BCUT2D eigenvalue weighted by atomic mass is 79.9. The molecule has 0 spiro atoms. The van der Waals surface area contributed by atoms with Gasteiger partial charge < -0.3 is 4.74 Å². The van der Waals surface area contributed by atoms with Crippen molar-refractivity contribution < 1.29 is 4.74 Å². The Balaban J connectivity index is 1.34. The highest BCUT2D eigenvalue weighted by Crippen LogP contribution is 2.18. The van der Waals surface area contributed by atoms with Crippen LogP contribution in [-0.2, 0) is 17.6 Å². The lowest BCUT2D eigenvalue weighted by Crippen LogP contribution is -2.04. The summed E-state index contributed by atoms with van der Waals surface area (Å²) in [6, 6.07) is 21.5. The topological polar surface area (TPSA) is 9.23 Å². The van der Waals surface area contributed by atoms with E-state index in [4.69, 9.17) is 4.74 Å². The number of benzene rings is 2. The molecule has 0 amide bonds. The van der Waals surface area contributed by atoms with Crippen molar-refractivity contribution in [1.82, 2.24) is 0 Å². The Morgan fingerprint density at radius 2 is 0.966 bits per heavy atom. The van der Waals surface area contributed by atoms with Crippen LogP contribution in [0.4, 0.5) is 0 Å². The van der Waals surface area contributed by atoms with Gasteiger partial charge in [-0.15, -0.1) is 0 Å². The molecule has 0 aliphatic rings. The second-order valence-electron chi connectivity index (χ2n) is 7.89. The fourth-order valence-corrected chi connectivity index (χ4v) is 4.93. The van der Waals surface area contributed by atoms with Crippen LogP contribution in [-0.4, -0.2) is 22.9 Å². The summed E-state index contributed by atoms with van der Waals surface area (Å²) in [6.45, 7) is 1.83. The molecule has 0 fully saturated rings. The van der Waals surface area contributed by atoms with Crippen molar-refractivity contribution in [1.29, 1.82) is 0 Å². The molecule has 0 N–H and O–H groups in total. The Morgan fingerprint density at radius 3 is 1.38 bits per heavy atom. The maximum atomic E-state index is 5.82. The first-order valence-corrected chi connectivity index (χ1v) is 13.0.